The Hall–Kier alpha value is -1.67. The number of carbonyl (C=O) groups excluding carboxylic acids is 1. The number of hydrogen-bond donors (Lipinski definition) is 1. The highest BCUT2D eigenvalue weighted by Crippen LogP contribution is 2.35. The molecule has 0 aliphatic carbocycles. The van der Waals surface area contributed by atoms with Gasteiger partial charge in [0.2, 0.25) is 0 Å². The number of nitrogens with one attached hydrogen (secondary N) is 1. The molecule has 3 rings (SSSR count). The molecule has 1 fully saturated rings. The molecule has 2 aromatic rings. The van der Waals surface area contributed by atoms with E-state index in [1.807, 2.05) is 19.1 Å². The summed E-state index contributed by atoms with van der Waals surface area (Å²) in [7, 11) is -3.38. The molecule has 6 nitrogen and oxygen atoms in total. The summed E-state index contributed by atoms with van der Waals surface area (Å²) >= 11 is 1.46. The fourth-order valence-electron chi connectivity index (χ4n) is 2.99. The smallest absolute Gasteiger partial charge is 0.264 e. The van der Waals surface area contributed by atoms with Gasteiger partial charge in [-0.25, -0.2) is 8.42 Å². The molecule has 124 valence electrons. The number of hydrogen-bond acceptors (Lipinski definition) is 5. The predicted octanol–water partition coefficient (Wildman–Crippen LogP) is 2.55. The van der Waals surface area contributed by atoms with E-state index in [0.29, 0.717) is 17.1 Å². The van der Waals surface area contributed by atoms with Crippen molar-refractivity contribution in [3.05, 3.63) is 33.8 Å². The number of amides is 1. The zero-order valence-corrected chi connectivity index (χ0v) is 14.7. The van der Waals surface area contributed by atoms with Gasteiger partial charge >= 0.3 is 0 Å². The van der Waals surface area contributed by atoms with Crippen LogP contribution in [0.25, 0.3) is 0 Å². The van der Waals surface area contributed by atoms with Crippen molar-refractivity contribution in [3.8, 4) is 0 Å². The Morgan fingerprint density at radius 3 is 2.83 bits per heavy atom. The van der Waals surface area contributed by atoms with E-state index in [9.17, 15) is 13.2 Å². The van der Waals surface area contributed by atoms with E-state index < -0.39 is 9.84 Å². The lowest BCUT2D eigenvalue weighted by Crippen LogP contribution is -2.38. The van der Waals surface area contributed by atoms with E-state index >= 15 is 0 Å². The summed E-state index contributed by atoms with van der Waals surface area (Å²) in [6, 6.07) is 3.49. The Kier molecular flexibility index (Phi) is 4.29. The number of likely N-dealkylation sites (tertiary alicyclic amines) is 1. The first-order chi connectivity index (χ1) is 10.9. The Balaban J connectivity index is 1.97. The molecule has 8 heteroatoms. The number of H-pyrrole nitrogens is 1. The summed E-state index contributed by atoms with van der Waals surface area (Å²) in [6.45, 7) is 2.59. The Bertz CT molecular complexity index is 823. The van der Waals surface area contributed by atoms with Crippen LogP contribution >= 0.6 is 11.3 Å². The molecule has 1 amide bonds. The number of rotatable bonds is 3. The van der Waals surface area contributed by atoms with Crippen molar-refractivity contribution in [1.82, 2.24) is 15.1 Å². The van der Waals surface area contributed by atoms with E-state index in [-0.39, 0.29) is 16.8 Å². The van der Waals surface area contributed by atoms with Gasteiger partial charge in [-0.2, -0.15) is 5.10 Å². The van der Waals surface area contributed by atoms with Crippen LogP contribution in [0.1, 0.15) is 45.5 Å². The van der Waals surface area contributed by atoms with Gasteiger partial charge in [0.15, 0.2) is 9.84 Å². The molecule has 23 heavy (non-hydrogen) atoms. The highest BCUT2D eigenvalue weighted by Gasteiger charge is 2.33. The number of aromatic amines is 1. The lowest BCUT2D eigenvalue weighted by atomic mass is 9.99. The van der Waals surface area contributed by atoms with Crippen molar-refractivity contribution in [2.24, 2.45) is 0 Å². The van der Waals surface area contributed by atoms with Gasteiger partial charge in [0.05, 0.1) is 22.8 Å². The van der Waals surface area contributed by atoms with Crippen LogP contribution in [0, 0.1) is 6.92 Å². The highest BCUT2D eigenvalue weighted by atomic mass is 32.2. The van der Waals surface area contributed by atoms with Crippen molar-refractivity contribution in [3.63, 3.8) is 0 Å². The molecule has 0 bridgehead atoms. The van der Waals surface area contributed by atoms with Gasteiger partial charge in [-0.1, -0.05) is 0 Å². The molecule has 0 unspecified atom stereocenters. The van der Waals surface area contributed by atoms with Crippen molar-refractivity contribution in [2.75, 3.05) is 12.8 Å². The van der Waals surface area contributed by atoms with E-state index in [0.717, 1.165) is 24.1 Å². The fraction of sp³-hybridized carbons (Fsp3) is 0.467. The van der Waals surface area contributed by atoms with Crippen LogP contribution in [0.3, 0.4) is 0 Å². The summed E-state index contributed by atoms with van der Waals surface area (Å²) in [4.78, 5) is 16.6. The SMILES string of the molecule is Cc1ccc(C(=O)N2CCCC[C@@H]2c2[nH]ncc2S(C)(=O)=O)s1. The summed E-state index contributed by atoms with van der Waals surface area (Å²) < 4.78 is 23.9. The third-order valence-electron chi connectivity index (χ3n) is 4.08. The average molecular weight is 353 g/mol. The second kappa shape index (κ2) is 6.09. The third kappa shape index (κ3) is 3.18. The zero-order chi connectivity index (χ0) is 16.6. The maximum absolute atomic E-state index is 12.8. The molecule has 0 radical (unpaired) electrons. The first-order valence-corrected chi connectivity index (χ1v) is 10.2. The van der Waals surface area contributed by atoms with Crippen molar-refractivity contribution in [1.29, 1.82) is 0 Å². The molecular formula is C15H19N3O3S2. The van der Waals surface area contributed by atoms with E-state index in [4.69, 9.17) is 0 Å². The van der Waals surface area contributed by atoms with Crippen LogP contribution in [0.4, 0.5) is 0 Å². The lowest BCUT2D eigenvalue weighted by molar-refractivity contribution is 0.0607. The molecule has 0 saturated carbocycles. The topological polar surface area (TPSA) is 83.1 Å². The number of sulfone groups is 1. The molecule has 1 atom stereocenters. The number of aryl methyl sites for hydroxylation is 1. The Morgan fingerprint density at radius 1 is 1.39 bits per heavy atom. The van der Waals surface area contributed by atoms with Crippen LogP contribution in [0.2, 0.25) is 0 Å². The van der Waals surface area contributed by atoms with Crippen molar-refractivity contribution in [2.45, 2.75) is 37.1 Å². The maximum atomic E-state index is 12.8. The van der Waals surface area contributed by atoms with E-state index in [1.54, 1.807) is 4.90 Å². The molecule has 1 saturated heterocycles. The molecule has 1 aliphatic rings. The van der Waals surface area contributed by atoms with Gasteiger partial charge < -0.3 is 4.90 Å². The molecule has 1 N–H and O–H groups in total. The maximum Gasteiger partial charge on any atom is 0.264 e. The van der Waals surface area contributed by atoms with Gasteiger partial charge in [-0.3, -0.25) is 9.89 Å². The first-order valence-electron chi connectivity index (χ1n) is 7.48. The normalized spacial score (nSPS) is 19.0. The van der Waals surface area contributed by atoms with Gasteiger partial charge in [0.1, 0.15) is 4.90 Å². The van der Waals surface area contributed by atoms with Gasteiger partial charge in [0, 0.05) is 17.7 Å². The molecule has 3 heterocycles. The summed E-state index contributed by atoms with van der Waals surface area (Å²) in [5, 5.41) is 6.70. The molecule has 0 aromatic carbocycles. The molecule has 2 aromatic heterocycles. The molecule has 1 aliphatic heterocycles. The van der Waals surface area contributed by atoms with E-state index in [1.165, 1.54) is 23.8 Å². The number of nitrogens with zero attached hydrogens (tertiary/aromatic N) is 2. The number of piperidine rings is 1. The third-order valence-corrected chi connectivity index (χ3v) is 6.19. The lowest BCUT2D eigenvalue weighted by Gasteiger charge is -2.35. The van der Waals surface area contributed by atoms with Crippen molar-refractivity contribution < 1.29 is 13.2 Å². The van der Waals surface area contributed by atoms with Crippen LogP contribution in [0.15, 0.2) is 23.2 Å². The van der Waals surface area contributed by atoms with Gasteiger partial charge in [0.25, 0.3) is 5.91 Å². The molecule has 0 spiro atoms. The monoisotopic (exact) mass is 353 g/mol. The number of thiophene rings is 1. The fourth-order valence-corrected chi connectivity index (χ4v) is 4.63. The predicted molar refractivity (Wildman–Crippen MR) is 88.4 cm³/mol. The van der Waals surface area contributed by atoms with Crippen LogP contribution in [-0.4, -0.2) is 42.2 Å². The van der Waals surface area contributed by atoms with Gasteiger partial charge in [-0.05, 0) is 38.3 Å². The second-order valence-corrected chi connectivity index (χ2v) is 9.11. The van der Waals surface area contributed by atoms with Crippen LogP contribution in [0.5, 0.6) is 0 Å². The van der Waals surface area contributed by atoms with Crippen molar-refractivity contribution >= 4 is 27.1 Å². The highest BCUT2D eigenvalue weighted by molar-refractivity contribution is 7.90. The zero-order valence-electron chi connectivity index (χ0n) is 13.1. The Morgan fingerprint density at radius 2 is 2.17 bits per heavy atom. The minimum Gasteiger partial charge on any atom is -0.329 e. The van der Waals surface area contributed by atoms with Gasteiger partial charge in [-0.15, -0.1) is 11.3 Å². The summed E-state index contributed by atoms with van der Waals surface area (Å²) in [6.07, 6.45) is 5.12. The quantitative estimate of drug-likeness (QED) is 0.919. The number of aromatic nitrogens is 2. The van der Waals surface area contributed by atoms with Crippen LogP contribution < -0.4 is 0 Å². The van der Waals surface area contributed by atoms with Crippen LogP contribution in [-0.2, 0) is 9.84 Å². The second-order valence-electron chi connectivity index (χ2n) is 5.84. The summed E-state index contributed by atoms with van der Waals surface area (Å²) in [5.41, 5.74) is 0.522. The van der Waals surface area contributed by atoms with E-state index in [2.05, 4.69) is 10.2 Å². The standard InChI is InChI=1S/C15H19N3O3S2/c1-10-6-7-12(22-10)15(19)18-8-4-3-5-11(18)14-13(9-16-17-14)23(2,20)21/h6-7,9,11H,3-5,8H2,1-2H3,(H,16,17)/t11-/m1/s1. The summed E-state index contributed by atoms with van der Waals surface area (Å²) in [5.74, 6) is -0.0400. The largest absolute Gasteiger partial charge is 0.329 e. The Labute approximate surface area is 139 Å². The molecular weight excluding hydrogens is 334 g/mol. The first kappa shape index (κ1) is 16.2. The minimum atomic E-state index is -3.38. The average Bonchev–Trinajstić information content (AvgIpc) is 3.14. The minimum absolute atomic E-state index is 0.0400. The number of carbonyl (C=O) groups is 1.